The second-order valence-electron chi connectivity index (χ2n) is 6.14. The van der Waals surface area contributed by atoms with Crippen molar-refractivity contribution in [3.8, 4) is 11.5 Å². The SMILES string of the molecule is COc1ccc(OCCCn2c(CO)nc3cc(C)c(C)cc32)cc1. The molecule has 0 fully saturated rings. The first kappa shape index (κ1) is 17.3. The van der Waals surface area contributed by atoms with Crippen molar-refractivity contribution in [2.24, 2.45) is 0 Å². The van der Waals surface area contributed by atoms with Crippen molar-refractivity contribution in [2.45, 2.75) is 33.4 Å². The van der Waals surface area contributed by atoms with Crippen LogP contribution < -0.4 is 9.47 Å². The fraction of sp³-hybridized carbons (Fsp3) is 0.350. The lowest BCUT2D eigenvalue weighted by Crippen LogP contribution is -2.08. The van der Waals surface area contributed by atoms with Crippen LogP contribution in [0.1, 0.15) is 23.4 Å². The summed E-state index contributed by atoms with van der Waals surface area (Å²) in [5, 5.41) is 9.62. The number of aliphatic hydroxyl groups is 1. The molecule has 0 amide bonds. The van der Waals surface area contributed by atoms with Crippen LogP contribution in [-0.4, -0.2) is 28.4 Å². The van der Waals surface area contributed by atoms with Gasteiger partial charge in [0.15, 0.2) is 0 Å². The lowest BCUT2D eigenvalue weighted by atomic mass is 10.1. The van der Waals surface area contributed by atoms with Crippen molar-refractivity contribution < 1.29 is 14.6 Å². The maximum Gasteiger partial charge on any atom is 0.135 e. The van der Waals surface area contributed by atoms with Gasteiger partial charge in [-0.15, -0.1) is 0 Å². The first-order chi connectivity index (χ1) is 12.1. The minimum atomic E-state index is -0.0634. The van der Waals surface area contributed by atoms with Gasteiger partial charge in [0, 0.05) is 6.54 Å². The van der Waals surface area contributed by atoms with Gasteiger partial charge in [0.1, 0.15) is 23.9 Å². The zero-order valence-electron chi connectivity index (χ0n) is 15.0. The Balaban J connectivity index is 1.66. The van der Waals surface area contributed by atoms with Crippen LogP contribution in [0.5, 0.6) is 11.5 Å². The van der Waals surface area contributed by atoms with Crippen molar-refractivity contribution in [3.05, 3.63) is 53.3 Å². The molecule has 0 radical (unpaired) electrons. The Kier molecular flexibility index (Phi) is 5.24. The van der Waals surface area contributed by atoms with E-state index < -0.39 is 0 Å². The third kappa shape index (κ3) is 3.77. The first-order valence-corrected chi connectivity index (χ1v) is 8.46. The van der Waals surface area contributed by atoms with E-state index in [0.29, 0.717) is 12.4 Å². The number of benzene rings is 2. The maximum absolute atomic E-state index is 9.62. The van der Waals surface area contributed by atoms with Gasteiger partial charge in [-0.2, -0.15) is 0 Å². The summed E-state index contributed by atoms with van der Waals surface area (Å²) in [6, 6.07) is 11.8. The van der Waals surface area contributed by atoms with E-state index in [1.54, 1.807) is 7.11 Å². The molecule has 0 aliphatic carbocycles. The van der Waals surface area contributed by atoms with Crippen molar-refractivity contribution in [2.75, 3.05) is 13.7 Å². The standard InChI is InChI=1S/C20H24N2O3/c1-14-11-18-19(12-15(14)2)22(20(13-23)21-18)9-4-10-25-17-7-5-16(24-3)6-8-17/h5-8,11-12,23H,4,9-10,13H2,1-3H3. The normalized spacial score (nSPS) is 11.0. The first-order valence-electron chi connectivity index (χ1n) is 8.46. The van der Waals surface area contributed by atoms with Crippen molar-refractivity contribution in [1.82, 2.24) is 9.55 Å². The molecule has 0 bridgehead atoms. The summed E-state index contributed by atoms with van der Waals surface area (Å²) in [5.74, 6) is 2.34. The monoisotopic (exact) mass is 340 g/mol. The van der Waals surface area contributed by atoms with Crippen molar-refractivity contribution >= 4 is 11.0 Å². The molecule has 1 N–H and O–H groups in total. The molecular formula is C20H24N2O3. The number of nitrogens with zero attached hydrogens (tertiary/aromatic N) is 2. The van der Waals surface area contributed by atoms with Gasteiger partial charge in [0.25, 0.3) is 0 Å². The molecule has 1 heterocycles. The number of hydrogen-bond acceptors (Lipinski definition) is 4. The van der Waals surface area contributed by atoms with Crippen LogP contribution in [0.4, 0.5) is 0 Å². The van der Waals surface area contributed by atoms with E-state index >= 15 is 0 Å². The number of hydrogen-bond donors (Lipinski definition) is 1. The highest BCUT2D eigenvalue weighted by Crippen LogP contribution is 2.22. The van der Waals surface area contributed by atoms with Crippen LogP contribution in [-0.2, 0) is 13.2 Å². The quantitative estimate of drug-likeness (QED) is 0.668. The predicted octanol–water partition coefficient (Wildman–Crippen LogP) is 3.62. The maximum atomic E-state index is 9.62. The minimum absolute atomic E-state index is 0.0634. The van der Waals surface area contributed by atoms with Crippen LogP contribution in [0, 0.1) is 13.8 Å². The number of aromatic nitrogens is 2. The molecule has 132 valence electrons. The molecule has 0 spiro atoms. The van der Waals surface area contributed by atoms with Crippen molar-refractivity contribution in [3.63, 3.8) is 0 Å². The second kappa shape index (κ2) is 7.57. The zero-order valence-corrected chi connectivity index (χ0v) is 15.0. The summed E-state index contributed by atoms with van der Waals surface area (Å²) in [5.41, 5.74) is 4.44. The van der Waals surface area contributed by atoms with E-state index in [9.17, 15) is 5.11 Å². The average molecular weight is 340 g/mol. The zero-order chi connectivity index (χ0) is 17.8. The fourth-order valence-corrected chi connectivity index (χ4v) is 2.88. The summed E-state index contributed by atoms with van der Waals surface area (Å²) in [6.07, 6.45) is 0.831. The number of aliphatic hydroxyl groups excluding tert-OH is 1. The summed E-state index contributed by atoms with van der Waals surface area (Å²) in [6.45, 7) is 5.46. The van der Waals surface area contributed by atoms with Crippen LogP contribution in [0.2, 0.25) is 0 Å². The van der Waals surface area contributed by atoms with Crippen LogP contribution in [0.3, 0.4) is 0 Å². The molecule has 0 saturated heterocycles. The Hall–Kier alpha value is -2.53. The van der Waals surface area contributed by atoms with Gasteiger partial charge in [-0.25, -0.2) is 4.98 Å². The van der Waals surface area contributed by atoms with Crippen LogP contribution in [0.25, 0.3) is 11.0 Å². The molecule has 2 aromatic carbocycles. The van der Waals surface area contributed by atoms with Gasteiger partial charge in [-0.1, -0.05) is 0 Å². The summed E-state index contributed by atoms with van der Waals surface area (Å²) in [7, 11) is 1.65. The number of rotatable bonds is 7. The summed E-state index contributed by atoms with van der Waals surface area (Å²) in [4.78, 5) is 4.55. The highest BCUT2D eigenvalue weighted by atomic mass is 16.5. The van der Waals surface area contributed by atoms with E-state index in [0.717, 1.165) is 35.5 Å². The van der Waals surface area contributed by atoms with Gasteiger partial charge in [0.2, 0.25) is 0 Å². The number of fused-ring (bicyclic) bond motifs is 1. The molecule has 1 aromatic heterocycles. The van der Waals surface area contributed by atoms with Gasteiger partial charge in [-0.3, -0.25) is 0 Å². The molecule has 0 atom stereocenters. The molecule has 0 unspecified atom stereocenters. The van der Waals surface area contributed by atoms with E-state index in [1.807, 2.05) is 24.3 Å². The second-order valence-corrected chi connectivity index (χ2v) is 6.14. The van der Waals surface area contributed by atoms with Crippen molar-refractivity contribution in [1.29, 1.82) is 0 Å². The summed E-state index contributed by atoms with van der Waals surface area (Å²) < 4.78 is 13.0. The van der Waals surface area contributed by atoms with Gasteiger partial charge in [-0.05, 0) is 67.8 Å². The number of aryl methyl sites for hydroxylation is 3. The highest BCUT2D eigenvalue weighted by Gasteiger charge is 2.11. The lowest BCUT2D eigenvalue weighted by molar-refractivity contribution is 0.261. The summed E-state index contributed by atoms with van der Waals surface area (Å²) >= 11 is 0. The number of ether oxygens (including phenoxy) is 2. The molecule has 0 aliphatic heterocycles. The largest absolute Gasteiger partial charge is 0.497 e. The molecule has 3 rings (SSSR count). The Morgan fingerprint density at radius 2 is 1.72 bits per heavy atom. The van der Waals surface area contributed by atoms with Gasteiger partial charge < -0.3 is 19.1 Å². The van der Waals surface area contributed by atoms with Gasteiger partial charge >= 0.3 is 0 Å². The molecule has 3 aromatic rings. The Labute approximate surface area is 147 Å². The van der Waals surface area contributed by atoms with E-state index in [-0.39, 0.29) is 6.61 Å². The Morgan fingerprint density at radius 1 is 1.04 bits per heavy atom. The Bertz CT molecular complexity index is 853. The number of methoxy groups -OCH3 is 1. The topological polar surface area (TPSA) is 56.5 Å². The van der Waals surface area contributed by atoms with E-state index in [2.05, 4.69) is 35.5 Å². The molecule has 0 aliphatic rings. The lowest BCUT2D eigenvalue weighted by Gasteiger charge is -2.10. The fourth-order valence-electron chi connectivity index (χ4n) is 2.88. The average Bonchev–Trinajstić information content (AvgIpc) is 2.96. The van der Waals surface area contributed by atoms with Crippen LogP contribution >= 0.6 is 0 Å². The predicted molar refractivity (Wildman–Crippen MR) is 98.2 cm³/mol. The Morgan fingerprint density at radius 3 is 2.40 bits per heavy atom. The van der Waals surface area contributed by atoms with E-state index in [1.165, 1.54) is 11.1 Å². The number of imidazole rings is 1. The van der Waals surface area contributed by atoms with Gasteiger partial charge in [0.05, 0.1) is 24.8 Å². The minimum Gasteiger partial charge on any atom is -0.497 e. The molecular weight excluding hydrogens is 316 g/mol. The molecule has 0 saturated carbocycles. The van der Waals surface area contributed by atoms with E-state index in [4.69, 9.17) is 9.47 Å². The highest BCUT2D eigenvalue weighted by molar-refractivity contribution is 5.78. The molecule has 5 heteroatoms. The van der Waals surface area contributed by atoms with Crippen LogP contribution in [0.15, 0.2) is 36.4 Å². The smallest absolute Gasteiger partial charge is 0.135 e. The third-order valence-corrected chi connectivity index (χ3v) is 4.44. The third-order valence-electron chi connectivity index (χ3n) is 4.44. The molecule has 5 nitrogen and oxygen atoms in total. The molecule has 25 heavy (non-hydrogen) atoms.